The zero-order valence-corrected chi connectivity index (χ0v) is 13.3. The molecule has 7 heteroatoms. The molecule has 1 aliphatic heterocycles. The minimum absolute atomic E-state index is 0.283. The van der Waals surface area contributed by atoms with E-state index in [0.717, 1.165) is 5.56 Å². The molecular weight excluding hydrogens is 306 g/mol. The third-order valence-corrected chi connectivity index (χ3v) is 4.07. The quantitative estimate of drug-likeness (QED) is 0.813. The number of benzene rings is 1. The lowest BCUT2D eigenvalue weighted by Crippen LogP contribution is -2.28. The van der Waals surface area contributed by atoms with Crippen LogP contribution in [-0.2, 0) is 9.53 Å². The third kappa shape index (κ3) is 2.43. The van der Waals surface area contributed by atoms with Crippen LogP contribution in [0, 0.1) is 5.41 Å². The number of aromatic nitrogens is 3. The van der Waals surface area contributed by atoms with Crippen LogP contribution in [0.3, 0.4) is 0 Å². The highest BCUT2D eigenvalue weighted by atomic mass is 35.5. The summed E-state index contributed by atoms with van der Waals surface area (Å²) < 4.78 is 11.8. The molecule has 3 rings (SSSR count). The van der Waals surface area contributed by atoms with Gasteiger partial charge in [-0.3, -0.25) is 0 Å². The van der Waals surface area contributed by atoms with Crippen LogP contribution in [0.1, 0.15) is 19.9 Å². The molecule has 1 aliphatic rings. The highest BCUT2D eigenvalue weighted by molar-refractivity contribution is 6.32. The molecule has 0 saturated carbocycles. The van der Waals surface area contributed by atoms with Gasteiger partial charge in [0.25, 0.3) is 0 Å². The Morgan fingerprint density at radius 2 is 2.23 bits per heavy atom. The van der Waals surface area contributed by atoms with E-state index in [1.807, 2.05) is 19.9 Å². The minimum atomic E-state index is -0.470. The molecule has 2 aromatic rings. The van der Waals surface area contributed by atoms with E-state index in [0.29, 0.717) is 23.1 Å². The SMILES string of the molecule is COc1ccc(-c2cn(C3C(=O)OCC3(C)C)nn2)cc1Cl. The number of hydrogen-bond donors (Lipinski definition) is 0. The molecule has 0 spiro atoms. The molecule has 0 bridgehead atoms. The molecule has 1 fully saturated rings. The van der Waals surface area contributed by atoms with Crippen molar-refractivity contribution < 1.29 is 14.3 Å². The van der Waals surface area contributed by atoms with Crippen molar-refractivity contribution in [3.8, 4) is 17.0 Å². The summed E-state index contributed by atoms with van der Waals surface area (Å²) in [6.07, 6.45) is 1.73. The summed E-state index contributed by atoms with van der Waals surface area (Å²) in [5.41, 5.74) is 1.13. The van der Waals surface area contributed by atoms with Crippen molar-refractivity contribution in [3.63, 3.8) is 0 Å². The number of nitrogens with zero attached hydrogens (tertiary/aromatic N) is 3. The molecule has 1 aromatic carbocycles. The van der Waals surface area contributed by atoms with Crippen LogP contribution in [0.5, 0.6) is 5.75 Å². The van der Waals surface area contributed by atoms with Gasteiger partial charge in [0.05, 0.1) is 24.9 Å². The Morgan fingerprint density at radius 1 is 1.45 bits per heavy atom. The molecule has 1 saturated heterocycles. The van der Waals surface area contributed by atoms with Crippen molar-refractivity contribution in [1.82, 2.24) is 15.0 Å². The van der Waals surface area contributed by atoms with E-state index in [1.165, 1.54) is 0 Å². The first-order valence-corrected chi connectivity index (χ1v) is 7.22. The van der Waals surface area contributed by atoms with Crippen LogP contribution in [-0.4, -0.2) is 34.7 Å². The summed E-state index contributed by atoms with van der Waals surface area (Å²) in [6, 6.07) is 4.90. The zero-order valence-electron chi connectivity index (χ0n) is 12.5. The Balaban J connectivity index is 1.94. The van der Waals surface area contributed by atoms with Gasteiger partial charge in [0.2, 0.25) is 0 Å². The van der Waals surface area contributed by atoms with Crippen LogP contribution in [0.4, 0.5) is 0 Å². The predicted molar refractivity (Wildman–Crippen MR) is 80.8 cm³/mol. The molecule has 1 unspecified atom stereocenters. The minimum Gasteiger partial charge on any atom is -0.495 e. The molecule has 0 radical (unpaired) electrons. The maximum absolute atomic E-state index is 11.9. The second-order valence-corrected chi connectivity index (χ2v) is 6.34. The second-order valence-electron chi connectivity index (χ2n) is 5.93. The average molecular weight is 322 g/mol. The van der Waals surface area contributed by atoms with Crippen molar-refractivity contribution in [2.75, 3.05) is 13.7 Å². The van der Waals surface area contributed by atoms with Gasteiger partial charge in [-0.1, -0.05) is 30.7 Å². The van der Waals surface area contributed by atoms with Gasteiger partial charge in [0.1, 0.15) is 11.4 Å². The predicted octanol–water partition coefficient (Wildman–Crippen LogP) is 2.73. The number of halogens is 1. The van der Waals surface area contributed by atoms with Crippen LogP contribution in [0.2, 0.25) is 5.02 Å². The largest absolute Gasteiger partial charge is 0.495 e. The topological polar surface area (TPSA) is 66.2 Å². The fourth-order valence-electron chi connectivity index (χ4n) is 2.56. The summed E-state index contributed by atoms with van der Waals surface area (Å²) in [5.74, 6) is 0.313. The zero-order chi connectivity index (χ0) is 15.9. The number of esters is 1. The smallest absolute Gasteiger partial charge is 0.331 e. The number of rotatable bonds is 3. The normalized spacial score (nSPS) is 20.0. The Kier molecular flexibility index (Phi) is 3.56. The first kappa shape index (κ1) is 14.8. The molecule has 22 heavy (non-hydrogen) atoms. The standard InChI is InChI=1S/C15H16ClN3O3/c1-15(2)8-22-14(20)13(15)19-7-11(17-18-19)9-4-5-12(21-3)10(16)6-9/h4-7,13H,8H2,1-3H3. The van der Waals surface area contributed by atoms with Crippen LogP contribution in [0.25, 0.3) is 11.3 Å². The van der Waals surface area contributed by atoms with Gasteiger partial charge in [-0.25, -0.2) is 9.48 Å². The molecular formula is C15H16ClN3O3. The maximum Gasteiger partial charge on any atom is 0.331 e. The van der Waals surface area contributed by atoms with Gasteiger partial charge in [0, 0.05) is 11.0 Å². The second kappa shape index (κ2) is 5.28. The highest BCUT2D eigenvalue weighted by Crippen LogP contribution is 2.38. The first-order valence-electron chi connectivity index (χ1n) is 6.85. The molecule has 1 atom stereocenters. The van der Waals surface area contributed by atoms with Gasteiger partial charge < -0.3 is 9.47 Å². The van der Waals surface area contributed by atoms with Crippen LogP contribution < -0.4 is 4.74 Å². The van der Waals surface area contributed by atoms with E-state index in [-0.39, 0.29) is 11.4 Å². The Bertz CT molecular complexity index is 727. The van der Waals surface area contributed by atoms with E-state index in [1.54, 1.807) is 30.1 Å². The van der Waals surface area contributed by atoms with Gasteiger partial charge in [-0.15, -0.1) is 5.10 Å². The molecule has 0 aliphatic carbocycles. The van der Waals surface area contributed by atoms with E-state index >= 15 is 0 Å². The van der Waals surface area contributed by atoms with Gasteiger partial charge in [0.15, 0.2) is 6.04 Å². The molecule has 6 nitrogen and oxygen atoms in total. The fraction of sp³-hybridized carbons (Fsp3) is 0.400. The summed E-state index contributed by atoms with van der Waals surface area (Å²) in [7, 11) is 1.56. The molecule has 116 valence electrons. The Morgan fingerprint density at radius 3 is 2.82 bits per heavy atom. The van der Waals surface area contributed by atoms with E-state index < -0.39 is 6.04 Å². The number of carbonyl (C=O) groups excluding carboxylic acids is 1. The summed E-state index contributed by atoms with van der Waals surface area (Å²) in [6.45, 7) is 4.31. The fourth-order valence-corrected chi connectivity index (χ4v) is 2.82. The molecule has 0 N–H and O–H groups in total. The van der Waals surface area contributed by atoms with Crippen molar-refractivity contribution >= 4 is 17.6 Å². The number of carbonyl (C=O) groups is 1. The lowest BCUT2D eigenvalue weighted by atomic mass is 9.88. The summed E-state index contributed by atoms with van der Waals surface area (Å²) in [4.78, 5) is 11.9. The van der Waals surface area contributed by atoms with E-state index in [9.17, 15) is 4.79 Å². The van der Waals surface area contributed by atoms with Crippen molar-refractivity contribution in [2.24, 2.45) is 5.41 Å². The first-order chi connectivity index (χ1) is 10.4. The molecule has 1 aromatic heterocycles. The average Bonchev–Trinajstić information content (AvgIpc) is 3.03. The van der Waals surface area contributed by atoms with Crippen LogP contribution >= 0.6 is 11.6 Å². The molecule has 2 heterocycles. The van der Waals surface area contributed by atoms with E-state index in [2.05, 4.69) is 10.3 Å². The number of hydrogen-bond acceptors (Lipinski definition) is 5. The summed E-state index contributed by atoms with van der Waals surface area (Å²) in [5, 5.41) is 8.71. The third-order valence-electron chi connectivity index (χ3n) is 3.77. The van der Waals surface area contributed by atoms with Gasteiger partial charge in [-0.2, -0.15) is 0 Å². The molecule has 0 amide bonds. The highest BCUT2D eigenvalue weighted by Gasteiger charge is 2.45. The van der Waals surface area contributed by atoms with Crippen molar-refractivity contribution in [1.29, 1.82) is 0 Å². The number of methoxy groups -OCH3 is 1. The van der Waals surface area contributed by atoms with Gasteiger partial charge >= 0.3 is 5.97 Å². The Labute approximate surface area is 133 Å². The van der Waals surface area contributed by atoms with Gasteiger partial charge in [-0.05, 0) is 18.2 Å². The number of cyclic esters (lactones) is 1. The van der Waals surface area contributed by atoms with Crippen molar-refractivity contribution in [3.05, 3.63) is 29.4 Å². The maximum atomic E-state index is 11.9. The van der Waals surface area contributed by atoms with Crippen molar-refractivity contribution in [2.45, 2.75) is 19.9 Å². The summed E-state index contributed by atoms with van der Waals surface area (Å²) >= 11 is 6.13. The lowest BCUT2D eigenvalue weighted by Gasteiger charge is -2.20. The van der Waals surface area contributed by atoms with Crippen LogP contribution in [0.15, 0.2) is 24.4 Å². The Hall–Kier alpha value is -2.08. The number of ether oxygens (including phenoxy) is 2. The monoisotopic (exact) mass is 321 g/mol. The van der Waals surface area contributed by atoms with E-state index in [4.69, 9.17) is 21.1 Å². The lowest BCUT2D eigenvalue weighted by molar-refractivity contribution is -0.141.